The summed E-state index contributed by atoms with van der Waals surface area (Å²) in [7, 11) is 0. The Morgan fingerprint density at radius 2 is 1.84 bits per heavy atom. The number of rotatable bonds is 6. The van der Waals surface area contributed by atoms with E-state index in [0.29, 0.717) is 12.3 Å². The zero-order valence-corrected chi connectivity index (χ0v) is 14.4. The highest BCUT2D eigenvalue weighted by atomic mass is 16.7. The molecule has 25 heavy (non-hydrogen) atoms. The molecule has 1 saturated heterocycles. The molecule has 0 saturated carbocycles. The lowest BCUT2D eigenvalue weighted by molar-refractivity contribution is -0.197. The molecule has 2 heterocycles. The maximum Gasteiger partial charge on any atom is 0.324 e. The summed E-state index contributed by atoms with van der Waals surface area (Å²) in [4.78, 5) is 23.1. The van der Waals surface area contributed by atoms with Gasteiger partial charge in [-0.3, -0.25) is 9.69 Å². The van der Waals surface area contributed by atoms with Gasteiger partial charge in [-0.25, -0.2) is 4.98 Å². The van der Waals surface area contributed by atoms with Gasteiger partial charge in [-0.05, 0) is 23.8 Å². The Balaban J connectivity index is 1.47. The number of pyridine rings is 1. The molecule has 0 N–H and O–H groups in total. The molecule has 0 unspecified atom stereocenters. The van der Waals surface area contributed by atoms with Crippen molar-refractivity contribution in [3.05, 3.63) is 54.2 Å². The summed E-state index contributed by atoms with van der Waals surface area (Å²) in [5.41, 5.74) is 1.23. The Hall–Kier alpha value is -2.44. The molecule has 1 aliphatic rings. The molecule has 1 aromatic carbocycles. The van der Waals surface area contributed by atoms with Gasteiger partial charge in [0.15, 0.2) is 0 Å². The number of hydroxylamine groups is 2. The van der Waals surface area contributed by atoms with Gasteiger partial charge in [0.1, 0.15) is 5.75 Å². The molecule has 0 bridgehead atoms. The van der Waals surface area contributed by atoms with Crippen LogP contribution in [0.5, 0.6) is 11.6 Å². The van der Waals surface area contributed by atoms with Gasteiger partial charge in [-0.2, -0.15) is 0 Å². The molecule has 132 valence electrons. The highest BCUT2D eigenvalue weighted by Gasteiger charge is 2.19. The summed E-state index contributed by atoms with van der Waals surface area (Å²) in [6, 6.07) is 13.7. The van der Waals surface area contributed by atoms with E-state index in [2.05, 4.69) is 22.0 Å². The van der Waals surface area contributed by atoms with E-state index in [-0.39, 0.29) is 5.97 Å². The third-order valence-electron chi connectivity index (χ3n) is 4.04. The molecular formula is C19H23N3O3. The Morgan fingerprint density at radius 3 is 2.48 bits per heavy atom. The minimum absolute atomic E-state index is 0.169. The molecule has 1 fully saturated rings. The number of carbonyl (C=O) groups is 1. The summed E-state index contributed by atoms with van der Waals surface area (Å²) < 4.78 is 5.71. The summed E-state index contributed by atoms with van der Waals surface area (Å²) in [6.07, 6.45) is 2.12. The number of hydrogen-bond donors (Lipinski definition) is 0. The second-order valence-corrected chi connectivity index (χ2v) is 5.94. The molecule has 6 heteroatoms. The smallest absolute Gasteiger partial charge is 0.324 e. The highest BCUT2D eigenvalue weighted by Crippen LogP contribution is 2.20. The monoisotopic (exact) mass is 341 g/mol. The Kier molecular flexibility index (Phi) is 5.98. The third kappa shape index (κ3) is 5.27. The van der Waals surface area contributed by atoms with Crippen molar-refractivity contribution in [2.24, 2.45) is 0 Å². The largest absolute Gasteiger partial charge is 0.439 e. The van der Waals surface area contributed by atoms with Crippen LogP contribution in [0.15, 0.2) is 48.7 Å². The summed E-state index contributed by atoms with van der Waals surface area (Å²) >= 11 is 0. The van der Waals surface area contributed by atoms with Crippen LogP contribution in [-0.2, 0) is 16.2 Å². The van der Waals surface area contributed by atoms with Crippen molar-refractivity contribution in [2.75, 3.05) is 26.2 Å². The van der Waals surface area contributed by atoms with Crippen LogP contribution in [0, 0.1) is 0 Å². The number of carbonyl (C=O) groups excluding carboxylic acids is 1. The van der Waals surface area contributed by atoms with E-state index in [9.17, 15) is 4.79 Å². The van der Waals surface area contributed by atoms with Gasteiger partial charge in [0, 0.05) is 51.4 Å². The molecule has 3 rings (SSSR count). The van der Waals surface area contributed by atoms with Gasteiger partial charge < -0.3 is 9.57 Å². The number of aromatic nitrogens is 1. The fourth-order valence-electron chi connectivity index (χ4n) is 2.64. The van der Waals surface area contributed by atoms with Gasteiger partial charge in [-0.1, -0.05) is 25.1 Å². The van der Waals surface area contributed by atoms with Crippen LogP contribution in [0.2, 0.25) is 0 Å². The van der Waals surface area contributed by atoms with Crippen LogP contribution >= 0.6 is 0 Å². The molecule has 1 aliphatic heterocycles. The topological polar surface area (TPSA) is 54.9 Å². The van der Waals surface area contributed by atoms with E-state index in [4.69, 9.17) is 9.57 Å². The first-order chi connectivity index (χ1) is 12.2. The predicted molar refractivity (Wildman–Crippen MR) is 94.0 cm³/mol. The quantitative estimate of drug-likeness (QED) is 0.805. The summed E-state index contributed by atoms with van der Waals surface area (Å²) in [5.74, 6) is 1.20. The van der Waals surface area contributed by atoms with Crippen molar-refractivity contribution >= 4 is 5.97 Å². The molecule has 6 nitrogen and oxygen atoms in total. The molecular weight excluding hydrogens is 318 g/mol. The Labute approximate surface area is 147 Å². The minimum Gasteiger partial charge on any atom is -0.439 e. The standard InChI is InChI=1S/C19H23N3O3/c1-2-19(23)25-22-13-11-21(12-14-22)15-16-6-8-17(9-7-16)24-18-5-3-4-10-20-18/h3-10H,2,11-15H2,1H3. The number of ether oxygens (including phenoxy) is 1. The van der Waals surface area contributed by atoms with Crippen LogP contribution in [0.25, 0.3) is 0 Å². The Morgan fingerprint density at radius 1 is 1.08 bits per heavy atom. The van der Waals surface area contributed by atoms with Gasteiger partial charge in [0.25, 0.3) is 0 Å². The maximum atomic E-state index is 11.3. The molecule has 0 spiro atoms. The number of hydrogen-bond acceptors (Lipinski definition) is 6. The zero-order chi connectivity index (χ0) is 17.5. The van der Waals surface area contributed by atoms with Crippen molar-refractivity contribution in [3.63, 3.8) is 0 Å². The third-order valence-corrected chi connectivity index (χ3v) is 4.04. The second-order valence-electron chi connectivity index (χ2n) is 5.94. The van der Waals surface area contributed by atoms with Gasteiger partial charge >= 0.3 is 5.97 Å². The van der Waals surface area contributed by atoms with E-state index >= 15 is 0 Å². The zero-order valence-electron chi connectivity index (χ0n) is 14.4. The average Bonchev–Trinajstić information content (AvgIpc) is 2.66. The molecule has 2 aromatic rings. The summed E-state index contributed by atoms with van der Waals surface area (Å²) in [5, 5.41) is 1.76. The van der Waals surface area contributed by atoms with Crippen LogP contribution in [-0.4, -0.2) is 47.1 Å². The van der Waals surface area contributed by atoms with E-state index in [1.165, 1.54) is 5.56 Å². The van der Waals surface area contributed by atoms with E-state index in [0.717, 1.165) is 38.5 Å². The van der Waals surface area contributed by atoms with E-state index in [1.54, 1.807) is 18.2 Å². The maximum absolute atomic E-state index is 11.3. The molecule has 0 radical (unpaired) electrons. The fourth-order valence-corrected chi connectivity index (χ4v) is 2.64. The van der Waals surface area contributed by atoms with Crippen molar-refractivity contribution < 1.29 is 14.4 Å². The van der Waals surface area contributed by atoms with Gasteiger partial charge in [-0.15, -0.1) is 5.06 Å². The lowest BCUT2D eigenvalue weighted by Gasteiger charge is -2.33. The first-order valence-corrected chi connectivity index (χ1v) is 8.59. The molecule has 0 amide bonds. The molecule has 0 aliphatic carbocycles. The van der Waals surface area contributed by atoms with Crippen molar-refractivity contribution in [3.8, 4) is 11.6 Å². The molecule has 1 aromatic heterocycles. The first-order valence-electron chi connectivity index (χ1n) is 8.59. The first kappa shape index (κ1) is 17.4. The number of benzene rings is 1. The highest BCUT2D eigenvalue weighted by molar-refractivity contribution is 5.68. The number of piperazine rings is 1. The van der Waals surface area contributed by atoms with Crippen LogP contribution in [0.3, 0.4) is 0 Å². The van der Waals surface area contributed by atoms with Gasteiger partial charge in [0.2, 0.25) is 5.88 Å². The van der Waals surface area contributed by atoms with Crippen LogP contribution < -0.4 is 4.74 Å². The van der Waals surface area contributed by atoms with Crippen molar-refractivity contribution in [1.82, 2.24) is 14.9 Å². The number of nitrogens with zero attached hydrogens (tertiary/aromatic N) is 3. The average molecular weight is 341 g/mol. The lowest BCUT2D eigenvalue weighted by Crippen LogP contribution is -2.46. The van der Waals surface area contributed by atoms with E-state index < -0.39 is 0 Å². The van der Waals surface area contributed by atoms with Crippen LogP contribution in [0.4, 0.5) is 0 Å². The van der Waals surface area contributed by atoms with Gasteiger partial charge in [0.05, 0.1) is 0 Å². The Bertz CT molecular complexity index is 668. The fraction of sp³-hybridized carbons (Fsp3) is 0.368. The minimum atomic E-state index is -0.169. The SMILES string of the molecule is CCC(=O)ON1CCN(Cc2ccc(Oc3ccccn3)cc2)CC1. The predicted octanol–water partition coefficient (Wildman–Crippen LogP) is 2.86. The van der Waals surface area contributed by atoms with E-state index in [1.807, 2.05) is 30.3 Å². The van der Waals surface area contributed by atoms with Crippen molar-refractivity contribution in [1.29, 1.82) is 0 Å². The van der Waals surface area contributed by atoms with Crippen molar-refractivity contribution in [2.45, 2.75) is 19.9 Å². The van der Waals surface area contributed by atoms with Crippen LogP contribution in [0.1, 0.15) is 18.9 Å². The summed E-state index contributed by atoms with van der Waals surface area (Å²) in [6.45, 7) is 5.92. The lowest BCUT2D eigenvalue weighted by atomic mass is 10.2. The normalized spacial score (nSPS) is 15.7. The second kappa shape index (κ2) is 8.60. The molecule has 0 atom stereocenters.